The Morgan fingerprint density at radius 1 is 1.38 bits per heavy atom. The lowest BCUT2D eigenvalue weighted by Gasteiger charge is -2.09. The quantitative estimate of drug-likeness (QED) is 0.771. The summed E-state index contributed by atoms with van der Waals surface area (Å²) in [6.45, 7) is 5.91. The molecule has 2 aromatic heterocycles. The lowest BCUT2D eigenvalue weighted by atomic mass is 10.2. The van der Waals surface area contributed by atoms with Gasteiger partial charge in [0.25, 0.3) is 0 Å². The van der Waals surface area contributed by atoms with Gasteiger partial charge in [0, 0.05) is 35.5 Å². The maximum atomic E-state index is 12.3. The monoisotopic (exact) mass is 345 g/mol. The van der Waals surface area contributed by atoms with E-state index in [1.165, 1.54) is 22.7 Å². The second-order valence-corrected chi connectivity index (χ2v) is 8.71. The molecule has 0 aliphatic rings. The smallest absolute Gasteiger partial charge is 0.250 e. The highest BCUT2D eigenvalue weighted by Gasteiger charge is 2.18. The van der Waals surface area contributed by atoms with Gasteiger partial charge in [0.05, 0.1) is 5.01 Å². The highest BCUT2D eigenvalue weighted by Crippen LogP contribution is 2.22. The number of thiophene rings is 1. The van der Waals surface area contributed by atoms with Crippen LogP contribution < -0.4 is 10.0 Å². The molecule has 0 saturated carbocycles. The SMILES string of the molecule is CCNCc1ccc(S(=O)(=O)NCC(C)c2nccs2)s1. The number of thiazole rings is 1. The van der Waals surface area contributed by atoms with Gasteiger partial charge in [-0.15, -0.1) is 22.7 Å². The predicted molar refractivity (Wildman–Crippen MR) is 87.4 cm³/mol. The minimum Gasteiger partial charge on any atom is -0.312 e. The average Bonchev–Trinajstić information content (AvgIpc) is 3.13. The first kappa shape index (κ1) is 16.6. The standard InChI is InChI=1S/C13H19N3O2S3/c1-3-14-9-11-4-5-12(20-11)21(17,18)16-8-10(2)13-15-6-7-19-13/h4-7,10,14,16H,3,8-9H2,1-2H3. The minimum atomic E-state index is -3.43. The van der Waals surface area contributed by atoms with E-state index in [1.807, 2.05) is 25.3 Å². The third kappa shape index (κ3) is 4.58. The van der Waals surface area contributed by atoms with Crippen molar-refractivity contribution in [3.05, 3.63) is 33.6 Å². The van der Waals surface area contributed by atoms with Gasteiger partial charge in [0.1, 0.15) is 4.21 Å². The Bertz CT molecular complexity index is 650. The molecule has 0 spiro atoms. The Balaban J connectivity index is 1.96. The van der Waals surface area contributed by atoms with Crippen LogP contribution in [0.25, 0.3) is 0 Å². The fourth-order valence-corrected chi connectivity index (χ4v) is 4.92. The van der Waals surface area contributed by atoms with Crippen molar-refractivity contribution in [3.8, 4) is 0 Å². The van der Waals surface area contributed by atoms with E-state index in [1.54, 1.807) is 12.3 Å². The molecule has 2 rings (SSSR count). The molecule has 0 aliphatic carbocycles. The minimum absolute atomic E-state index is 0.0703. The second-order valence-electron chi connectivity index (χ2n) is 4.62. The zero-order chi connectivity index (χ0) is 15.3. The molecule has 1 unspecified atom stereocenters. The van der Waals surface area contributed by atoms with Crippen LogP contribution in [0.3, 0.4) is 0 Å². The molecule has 5 nitrogen and oxygen atoms in total. The van der Waals surface area contributed by atoms with Gasteiger partial charge in [-0.25, -0.2) is 18.1 Å². The van der Waals surface area contributed by atoms with Crippen molar-refractivity contribution in [2.24, 2.45) is 0 Å². The van der Waals surface area contributed by atoms with Crippen molar-refractivity contribution in [3.63, 3.8) is 0 Å². The number of nitrogens with one attached hydrogen (secondary N) is 2. The van der Waals surface area contributed by atoms with Crippen molar-refractivity contribution in [2.75, 3.05) is 13.1 Å². The molecule has 8 heteroatoms. The number of nitrogens with zero attached hydrogens (tertiary/aromatic N) is 1. The van der Waals surface area contributed by atoms with Gasteiger partial charge >= 0.3 is 0 Å². The summed E-state index contributed by atoms with van der Waals surface area (Å²) in [7, 11) is -3.43. The molecule has 0 radical (unpaired) electrons. The van der Waals surface area contributed by atoms with Crippen molar-refractivity contribution >= 4 is 32.7 Å². The molecule has 0 amide bonds. The molecule has 0 saturated heterocycles. The first-order chi connectivity index (χ1) is 10.0. The van der Waals surface area contributed by atoms with Gasteiger partial charge in [-0.3, -0.25) is 0 Å². The van der Waals surface area contributed by atoms with Crippen molar-refractivity contribution in [1.29, 1.82) is 0 Å². The van der Waals surface area contributed by atoms with Crippen molar-refractivity contribution < 1.29 is 8.42 Å². The molecule has 2 N–H and O–H groups in total. The highest BCUT2D eigenvalue weighted by atomic mass is 32.2. The summed E-state index contributed by atoms with van der Waals surface area (Å²) in [6.07, 6.45) is 1.73. The van der Waals surface area contributed by atoms with Crippen LogP contribution in [0.2, 0.25) is 0 Å². The molecular formula is C13H19N3O2S3. The molecule has 0 fully saturated rings. The van der Waals surface area contributed by atoms with Crippen molar-refractivity contribution in [1.82, 2.24) is 15.0 Å². The lowest BCUT2D eigenvalue weighted by molar-refractivity contribution is 0.576. The molecule has 0 aliphatic heterocycles. The Hall–Kier alpha value is -0.800. The molecule has 116 valence electrons. The Morgan fingerprint density at radius 3 is 2.86 bits per heavy atom. The molecule has 0 bridgehead atoms. The predicted octanol–water partition coefficient (Wildman–Crippen LogP) is 2.40. The topological polar surface area (TPSA) is 71.1 Å². The van der Waals surface area contributed by atoms with E-state index in [-0.39, 0.29) is 5.92 Å². The van der Waals surface area contributed by atoms with Crippen LogP contribution in [0.5, 0.6) is 0 Å². The second kappa shape index (κ2) is 7.46. The third-order valence-electron chi connectivity index (χ3n) is 2.90. The number of rotatable bonds is 8. The molecule has 1 atom stereocenters. The number of sulfonamides is 1. The molecule has 2 aromatic rings. The van der Waals surface area contributed by atoms with Crippen LogP contribution >= 0.6 is 22.7 Å². The van der Waals surface area contributed by atoms with E-state index in [9.17, 15) is 8.42 Å². The van der Waals surface area contributed by atoms with E-state index in [0.717, 1.165) is 16.4 Å². The van der Waals surface area contributed by atoms with Gasteiger partial charge in [0.2, 0.25) is 10.0 Å². The van der Waals surface area contributed by atoms with E-state index < -0.39 is 10.0 Å². The summed E-state index contributed by atoms with van der Waals surface area (Å²) in [5.74, 6) is 0.0703. The highest BCUT2D eigenvalue weighted by molar-refractivity contribution is 7.91. The van der Waals surface area contributed by atoms with Crippen LogP contribution in [0.15, 0.2) is 27.9 Å². The zero-order valence-electron chi connectivity index (χ0n) is 12.0. The fourth-order valence-electron chi connectivity index (χ4n) is 1.72. The van der Waals surface area contributed by atoms with Crippen LogP contribution in [0, 0.1) is 0 Å². The third-order valence-corrected chi connectivity index (χ3v) is 6.91. The van der Waals surface area contributed by atoms with Crippen LogP contribution in [0.1, 0.15) is 29.7 Å². The summed E-state index contributed by atoms with van der Waals surface area (Å²) in [4.78, 5) is 5.22. The van der Waals surface area contributed by atoms with Gasteiger partial charge in [0.15, 0.2) is 0 Å². The van der Waals surface area contributed by atoms with Crippen LogP contribution in [-0.4, -0.2) is 26.5 Å². The number of aromatic nitrogens is 1. The Labute approximate surface area is 133 Å². The molecule has 0 aromatic carbocycles. The van der Waals surface area contributed by atoms with E-state index >= 15 is 0 Å². The first-order valence-corrected chi connectivity index (χ1v) is 9.89. The average molecular weight is 346 g/mol. The van der Waals surface area contributed by atoms with Gasteiger partial charge in [-0.2, -0.15) is 0 Å². The number of hydrogen-bond donors (Lipinski definition) is 2. The van der Waals surface area contributed by atoms with Gasteiger partial charge < -0.3 is 5.32 Å². The zero-order valence-corrected chi connectivity index (χ0v) is 14.4. The van der Waals surface area contributed by atoms with Gasteiger partial charge in [-0.1, -0.05) is 13.8 Å². The summed E-state index contributed by atoms with van der Waals surface area (Å²) in [6, 6.07) is 3.51. The molecule has 21 heavy (non-hydrogen) atoms. The van der Waals surface area contributed by atoms with Gasteiger partial charge in [-0.05, 0) is 18.7 Å². The molecular weight excluding hydrogens is 326 g/mol. The normalized spacial score (nSPS) is 13.4. The van der Waals surface area contributed by atoms with E-state index in [2.05, 4.69) is 15.0 Å². The first-order valence-electron chi connectivity index (χ1n) is 6.71. The van der Waals surface area contributed by atoms with Crippen LogP contribution in [-0.2, 0) is 16.6 Å². The summed E-state index contributed by atoms with van der Waals surface area (Å²) in [5, 5.41) is 6.02. The van der Waals surface area contributed by atoms with E-state index in [0.29, 0.717) is 17.3 Å². The summed E-state index contributed by atoms with van der Waals surface area (Å²) < 4.78 is 27.5. The fraction of sp³-hybridized carbons (Fsp3) is 0.462. The Morgan fingerprint density at radius 2 is 2.19 bits per heavy atom. The van der Waals surface area contributed by atoms with Crippen LogP contribution in [0.4, 0.5) is 0 Å². The summed E-state index contributed by atoms with van der Waals surface area (Å²) in [5.41, 5.74) is 0. The maximum Gasteiger partial charge on any atom is 0.250 e. The van der Waals surface area contributed by atoms with E-state index in [4.69, 9.17) is 0 Å². The largest absolute Gasteiger partial charge is 0.312 e. The summed E-state index contributed by atoms with van der Waals surface area (Å²) >= 11 is 2.84. The number of hydrogen-bond acceptors (Lipinski definition) is 6. The maximum absolute atomic E-state index is 12.3. The van der Waals surface area contributed by atoms with Crippen molar-refractivity contribution in [2.45, 2.75) is 30.5 Å². The molecule has 2 heterocycles. The Kier molecular flexibility index (Phi) is 5.88. The lowest BCUT2D eigenvalue weighted by Crippen LogP contribution is -2.27.